The standard InChI is InChI=1S/C16H23NO2/c1-13-4-5-16(14(2)12-13)19-11-3-8-17-9-6-15(18)7-10-17/h4-5,12H,3,6-11H2,1-2H3. The molecular weight excluding hydrogens is 238 g/mol. The van der Waals surface area contributed by atoms with Crippen LogP contribution < -0.4 is 4.74 Å². The maximum Gasteiger partial charge on any atom is 0.135 e. The molecule has 19 heavy (non-hydrogen) atoms. The zero-order chi connectivity index (χ0) is 13.7. The number of piperidine rings is 1. The van der Waals surface area contributed by atoms with Crippen LogP contribution in [0.2, 0.25) is 0 Å². The van der Waals surface area contributed by atoms with Crippen LogP contribution in [0.4, 0.5) is 0 Å². The van der Waals surface area contributed by atoms with Crippen molar-refractivity contribution in [3.8, 4) is 5.75 Å². The number of hydrogen-bond acceptors (Lipinski definition) is 3. The van der Waals surface area contributed by atoms with Crippen LogP contribution in [0.1, 0.15) is 30.4 Å². The van der Waals surface area contributed by atoms with E-state index in [4.69, 9.17) is 4.74 Å². The minimum absolute atomic E-state index is 0.405. The zero-order valence-corrected chi connectivity index (χ0v) is 11.9. The highest BCUT2D eigenvalue weighted by molar-refractivity contribution is 5.79. The lowest BCUT2D eigenvalue weighted by atomic mass is 10.1. The Morgan fingerprint density at radius 2 is 1.95 bits per heavy atom. The second-order valence-electron chi connectivity index (χ2n) is 5.35. The molecule has 104 valence electrons. The molecule has 0 N–H and O–H groups in total. The van der Waals surface area contributed by atoms with Crippen LogP contribution in [0.25, 0.3) is 0 Å². The number of aryl methyl sites for hydroxylation is 2. The maximum absolute atomic E-state index is 11.1. The predicted molar refractivity (Wildman–Crippen MR) is 76.7 cm³/mol. The molecule has 1 aliphatic heterocycles. The summed E-state index contributed by atoms with van der Waals surface area (Å²) in [7, 11) is 0. The van der Waals surface area contributed by atoms with Gasteiger partial charge in [-0.2, -0.15) is 0 Å². The van der Waals surface area contributed by atoms with Gasteiger partial charge < -0.3 is 9.64 Å². The molecule has 1 aliphatic rings. The Hall–Kier alpha value is -1.35. The minimum Gasteiger partial charge on any atom is -0.493 e. The fraction of sp³-hybridized carbons (Fsp3) is 0.562. The molecule has 2 rings (SSSR count). The van der Waals surface area contributed by atoms with Crippen LogP contribution in [0.5, 0.6) is 5.75 Å². The summed E-state index contributed by atoms with van der Waals surface area (Å²) in [6.45, 7) is 7.78. The van der Waals surface area contributed by atoms with Crippen LogP contribution in [0.15, 0.2) is 18.2 Å². The monoisotopic (exact) mass is 261 g/mol. The van der Waals surface area contributed by atoms with Crippen LogP contribution in [-0.2, 0) is 4.79 Å². The molecule has 0 bridgehead atoms. The number of rotatable bonds is 5. The summed E-state index contributed by atoms with van der Waals surface area (Å²) in [5, 5.41) is 0. The van der Waals surface area contributed by atoms with Crippen molar-refractivity contribution in [2.24, 2.45) is 0 Å². The van der Waals surface area contributed by atoms with E-state index in [0.717, 1.165) is 51.3 Å². The number of benzene rings is 1. The SMILES string of the molecule is Cc1ccc(OCCCN2CCC(=O)CC2)c(C)c1. The van der Waals surface area contributed by atoms with Gasteiger partial charge in [0.05, 0.1) is 6.61 Å². The van der Waals surface area contributed by atoms with E-state index in [2.05, 4.69) is 30.9 Å². The van der Waals surface area contributed by atoms with Crippen molar-refractivity contribution in [3.63, 3.8) is 0 Å². The molecule has 0 unspecified atom stereocenters. The molecular formula is C16H23NO2. The van der Waals surface area contributed by atoms with E-state index in [1.165, 1.54) is 11.1 Å². The second kappa shape index (κ2) is 6.71. The van der Waals surface area contributed by atoms with Crippen molar-refractivity contribution in [1.29, 1.82) is 0 Å². The van der Waals surface area contributed by atoms with E-state index in [-0.39, 0.29) is 0 Å². The van der Waals surface area contributed by atoms with Crippen LogP contribution in [0, 0.1) is 13.8 Å². The molecule has 1 aromatic rings. The molecule has 0 spiro atoms. The number of hydrogen-bond donors (Lipinski definition) is 0. The Morgan fingerprint density at radius 3 is 2.63 bits per heavy atom. The fourth-order valence-electron chi connectivity index (χ4n) is 2.46. The smallest absolute Gasteiger partial charge is 0.135 e. The third kappa shape index (κ3) is 4.35. The Bertz CT molecular complexity index is 432. The molecule has 0 atom stereocenters. The lowest BCUT2D eigenvalue weighted by Crippen LogP contribution is -2.35. The van der Waals surface area contributed by atoms with E-state index < -0.39 is 0 Å². The fourth-order valence-corrected chi connectivity index (χ4v) is 2.46. The maximum atomic E-state index is 11.1. The van der Waals surface area contributed by atoms with Gasteiger partial charge in [0.2, 0.25) is 0 Å². The first kappa shape index (κ1) is 14.1. The van der Waals surface area contributed by atoms with Gasteiger partial charge in [-0.05, 0) is 31.9 Å². The van der Waals surface area contributed by atoms with Gasteiger partial charge >= 0.3 is 0 Å². The third-order valence-corrected chi connectivity index (χ3v) is 3.62. The first-order valence-corrected chi connectivity index (χ1v) is 7.09. The predicted octanol–water partition coefficient (Wildman–Crippen LogP) is 2.74. The van der Waals surface area contributed by atoms with Crippen LogP contribution in [0.3, 0.4) is 0 Å². The van der Waals surface area contributed by atoms with E-state index >= 15 is 0 Å². The number of ketones is 1. The highest BCUT2D eigenvalue weighted by atomic mass is 16.5. The summed E-state index contributed by atoms with van der Waals surface area (Å²) in [5.41, 5.74) is 2.46. The van der Waals surface area contributed by atoms with Gasteiger partial charge in [0.1, 0.15) is 11.5 Å². The number of carbonyl (C=O) groups excluding carboxylic acids is 1. The van der Waals surface area contributed by atoms with Gasteiger partial charge in [0, 0.05) is 32.5 Å². The quantitative estimate of drug-likeness (QED) is 0.763. The number of carbonyl (C=O) groups is 1. The number of ether oxygens (including phenoxy) is 1. The first-order chi connectivity index (χ1) is 9.15. The molecule has 3 heteroatoms. The van der Waals surface area contributed by atoms with Crippen molar-refractivity contribution >= 4 is 5.78 Å². The third-order valence-electron chi connectivity index (χ3n) is 3.62. The molecule has 1 heterocycles. The summed E-state index contributed by atoms with van der Waals surface area (Å²) in [5.74, 6) is 1.39. The minimum atomic E-state index is 0.405. The molecule has 1 aromatic carbocycles. The summed E-state index contributed by atoms with van der Waals surface area (Å²) in [6.07, 6.45) is 2.46. The Morgan fingerprint density at radius 1 is 1.21 bits per heavy atom. The molecule has 0 saturated carbocycles. The molecule has 3 nitrogen and oxygen atoms in total. The highest BCUT2D eigenvalue weighted by Crippen LogP contribution is 2.18. The molecule has 1 saturated heterocycles. The van der Waals surface area contributed by atoms with Gasteiger partial charge in [0.25, 0.3) is 0 Å². The average Bonchev–Trinajstić information content (AvgIpc) is 2.39. The van der Waals surface area contributed by atoms with Gasteiger partial charge in [0.15, 0.2) is 0 Å². The van der Waals surface area contributed by atoms with Crippen molar-refractivity contribution < 1.29 is 9.53 Å². The Labute approximate surface area is 115 Å². The summed E-state index contributed by atoms with van der Waals surface area (Å²) in [6, 6.07) is 6.27. The number of likely N-dealkylation sites (tertiary alicyclic amines) is 1. The summed E-state index contributed by atoms with van der Waals surface area (Å²) < 4.78 is 5.81. The van der Waals surface area contributed by atoms with E-state index in [9.17, 15) is 4.79 Å². The van der Waals surface area contributed by atoms with Crippen LogP contribution in [-0.4, -0.2) is 36.9 Å². The normalized spacial score (nSPS) is 16.6. The first-order valence-electron chi connectivity index (χ1n) is 7.09. The summed E-state index contributed by atoms with van der Waals surface area (Å²) in [4.78, 5) is 13.5. The summed E-state index contributed by atoms with van der Waals surface area (Å²) >= 11 is 0. The number of nitrogens with zero attached hydrogens (tertiary/aromatic N) is 1. The van der Waals surface area contributed by atoms with Crippen LogP contribution >= 0.6 is 0 Å². The molecule has 0 aromatic heterocycles. The van der Waals surface area contributed by atoms with Crippen molar-refractivity contribution in [2.75, 3.05) is 26.2 Å². The highest BCUT2D eigenvalue weighted by Gasteiger charge is 2.15. The lowest BCUT2D eigenvalue weighted by Gasteiger charge is -2.25. The average molecular weight is 261 g/mol. The zero-order valence-electron chi connectivity index (χ0n) is 11.9. The molecule has 0 radical (unpaired) electrons. The molecule has 0 aliphatic carbocycles. The Kier molecular flexibility index (Phi) is 4.97. The van der Waals surface area contributed by atoms with E-state index in [1.807, 2.05) is 6.07 Å². The second-order valence-corrected chi connectivity index (χ2v) is 5.35. The van der Waals surface area contributed by atoms with Gasteiger partial charge in [-0.3, -0.25) is 4.79 Å². The van der Waals surface area contributed by atoms with Gasteiger partial charge in [-0.15, -0.1) is 0 Å². The lowest BCUT2D eigenvalue weighted by molar-refractivity contribution is -0.121. The van der Waals surface area contributed by atoms with E-state index in [1.54, 1.807) is 0 Å². The van der Waals surface area contributed by atoms with Crippen molar-refractivity contribution in [2.45, 2.75) is 33.1 Å². The van der Waals surface area contributed by atoms with Crippen molar-refractivity contribution in [1.82, 2.24) is 4.90 Å². The topological polar surface area (TPSA) is 29.5 Å². The largest absolute Gasteiger partial charge is 0.493 e. The van der Waals surface area contributed by atoms with Gasteiger partial charge in [-0.25, -0.2) is 0 Å². The van der Waals surface area contributed by atoms with Gasteiger partial charge in [-0.1, -0.05) is 17.7 Å². The number of Topliss-reactive ketones (excluding diaryl/α,β-unsaturated/α-hetero) is 1. The van der Waals surface area contributed by atoms with E-state index in [0.29, 0.717) is 5.78 Å². The molecule has 1 fully saturated rings. The Balaban J connectivity index is 1.68. The molecule has 0 amide bonds. The van der Waals surface area contributed by atoms with Crippen molar-refractivity contribution in [3.05, 3.63) is 29.3 Å².